The van der Waals surface area contributed by atoms with Crippen molar-refractivity contribution in [2.45, 2.75) is 32.1 Å². The number of carbonyl (C=O) groups is 3. The van der Waals surface area contributed by atoms with E-state index in [1.165, 1.54) is 30.3 Å². The SMILES string of the molecule is CCOc1cc(/C=C2/C(=O)NC(=O)N(c3ccccc3CC)C2=O)cc(Br)c1OS(=O)(=O)c1ccc(C)cc1. The van der Waals surface area contributed by atoms with Crippen LogP contribution in [0.3, 0.4) is 0 Å². The highest BCUT2D eigenvalue weighted by atomic mass is 79.9. The molecule has 202 valence electrons. The minimum absolute atomic E-state index is 0.0322. The number of nitrogens with one attached hydrogen (secondary N) is 1. The monoisotopic (exact) mass is 612 g/mol. The molecule has 1 fully saturated rings. The first-order valence-corrected chi connectivity index (χ1v) is 14.2. The molecular weight excluding hydrogens is 588 g/mol. The molecule has 0 bridgehead atoms. The van der Waals surface area contributed by atoms with Crippen molar-refractivity contribution in [3.63, 3.8) is 0 Å². The van der Waals surface area contributed by atoms with Crippen LogP contribution in [0.4, 0.5) is 10.5 Å². The molecule has 1 aliphatic rings. The summed E-state index contributed by atoms with van der Waals surface area (Å²) < 4.78 is 37.1. The molecular formula is C28H25BrN2O7S. The summed E-state index contributed by atoms with van der Waals surface area (Å²) in [5.41, 5.74) is 2.08. The number of urea groups is 1. The number of nitrogens with zero attached hydrogens (tertiary/aromatic N) is 1. The maximum atomic E-state index is 13.4. The molecule has 0 saturated carbocycles. The molecule has 0 spiro atoms. The van der Waals surface area contributed by atoms with Gasteiger partial charge in [-0.05, 0) is 83.7 Å². The maximum absolute atomic E-state index is 13.4. The van der Waals surface area contributed by atoms with Gasteiger partial charge < -0.3 is 8.92 Å². The lowest BCUT2D eigenvalue weighted by atomic mass is 10.0. The zero-order valence-electron chi connectivity index (χ0n) is 21.4. The number of anilines is 1. The van der Waals surface area contributed by atoms with Gasteiger partial charge in [0.1, 0.15) is 10.5 Å². The number of imide groups is 2. The van der Waals surface area contributed by atoms with Crippen molar-refractivity contribution in [1.29, 1.82) is 0 Å². The van der Waals surface area contributed by atoms with E-state index in [-0.39, 0.29) is 33.0 Å². The number of amides is 4. The highest BCUT2D eigenvalue weighted by Crippen LogP contribution is 2.39. The summed E-state index contributed by atoms with van der Waals surface area (Å²) in [5, 5.41) is 2.21. The zero-order chi connectivity index (χ0) is 28.3. The Hall–Kier alpha value is -3.96. The molecule has 0 unspecified atom stereocenters. The number of rotatable bonds is 8. The van der Waals surface area contributed by atoms with Crippen molar-refractivity contribution >= 4 is 55.7 Å². The normalized spacial score (nSPS) is 14.9. The fourth-order valence-corrected chi connectivity index (χ4v) is 5.55. The largest absolute Gasteiger partial charge is 0.490 e. The van der Waals surface area contributed by atoms with E-state index in [0.29, 0.717) is 17.7 Å². The summed E-state index contributed by atoms with van der Waals surface area (Å²) in [5.74, 6) is -1.66. The van der Waals surface area contributed by atoms with E-state index in [4.69, 9.17) is 8.92 Å². The molecule has 1 aliphatic heterocycles. The Kier molecular flexibility index (Phi) is 8.22. The van der Waals surface area contributed by atoms with Gasteiger partial charge in [-0.3, -0.25) is 14.9 Å². The van der Waals surface area contributed by atoms with E-state index >= 15 is 0 Å². The number of ether oxygens (including phenoxy) is 1. The first-order valence-electron chi connectivity index (χ1n) is 12.0. The van der Waals surface area contributed by atoms with Crippen molar-refractivity contribution in [3.05, 3.63) is 87.4 Å². The second-order valence-corrected chi connectivity index (χ2v) is 11.0. The van der Waals surface area contributed by atoms with Crippen LogP contribution in [-0.2, 0) is 26.1 Å². The molecule has 4 amide bonds. The maximum Gasteiger partial charge on any atom is 0.339 e. The Morgan fingerprint density at radius 1 is 1.00 bits per heavy atom. The van der Waals surface area contributed by atoms with Gasteiger partial charge in [0.2, 0.25) is 0 Å². The van der Waals surface area contributed by atoms with Gasteiger partial charge in [0.15, 0.2) is 11.5 Å². The Balaban J connectivity index is 1.73. The van der Waals surface area contributed by atoms with E-state index in [2.05, 4.69) is 21.2 Å². The summed E-state index contributed by atoms with van der Waals surface area (Å²) in [6.45, 7) is 5.62. The van der Waals surface area contributed by atoms with Gasteiger partial charge in [0.25, 0.3) is 11.8 Å². The van der Waals surface area contributed by atoms with Gasteiger partial charge in [0.05, 0.1) is 16.8 Å². The molecule has 9 nitrogen and oxygen atoms in total. The van der Waals surface area contributed by atoms with Crippen LogP contribution in [0.25, 0.3) is 6.08 Å². The first-order chi connectivity index (χ1) is 18.6. The summed E-state index contributed by atoms with van der Waals surface area (Å²) in [7, 11) is -4.19. The van der Waals surface area contributed by atoms with E-state index in [1.54, 1.807) is 43.3 Å². The number of hydrogen-bond acceptors (Lipinski definition) is 7. The smallest absolute Gasteiger partial charge is 0.339 e. The number of barbiturate groups is 1. The van der Waals surface area contributed by atoms with Crippen LogP contribution < -0.4 is 19.1 Å². The molecule has 4 rings (SSSR count). The minimum Gasteiger partial charge on any atom is -0.490 e. The molecule has 3 aromatic rings. The molecule has 11 heteroatoms. The fourth-order valence-electron chi connectivity index (χ4n) is 3.95. The third-order valence-corrected chi connectivity index (χ3v) is 7.69. The summed E-state index contributed by atoms with van der Waals surface area (Å²) in [4.78, 5) is 39.6. The van der Waals surface area contributed by atoms with Crippen molar-refractivity contribution in [2.24, 2.45) is 0 Å². The molecule has 1 saturated heterocycles. The van der Waals surface area contributed by atoms with E-state index < -0.39 is 28.0 Å². The molecule has 0 atom stereocenters. The predicted molar refractivity (Wildman–Crippen MR) is 149 cm³/mol. The second kappa shape index (κ2) is 11.4. The van der Waals surface area contributed by atoms with Crippen LogP contribution in [0.5, 0.6) is 11.5 Å². The van der Waals surface area contributed by atoms with Crippen molar-refractivity contribution in [1.82, 2.24) is 5.32 Å². The predicted octanol–water partition coefficient (Wildman–Crippen LogP) is 5.15. The first kappa shape index (κ1) is 28.1. The number of benzene rings is 3. The summed E-state index contributed by atoms with van der Waals surface area (Å²) in [6, 6.07) is 15.2. The van der Waals surface area contributed by atoms with Crippen LogP contribution in [0, 0.1) is 6.92 Å². The van der Waals surface area contributed by atoms with Crippen LogP contribution in [-0.4, -0.2) is 32.9 Å². The molecule has 3 aromatic carbocycles. The Morgan fingerprint density at radius 3 is 2.36 bits per heavy atom. The van der Waals surface area contributed by atoms with Crippen LogP contribution >= 0.6 is 15.9 Å². The molecule has 0 aliphatic carbocycles. The van der Waals surface area contributed by atoms with E-state index in [9.17, 15) is 22.8 Å². The average Bonchev–Trinajstić information content (AvgIpc) is 2.89. The molecule has 0 radical (unpaired) electrons. The molecule has 1 heterocycles. The number of carbonyl (C=O) groups excluding carboxylic acids is 3. The molecule has 0 aromatic heterocycles. The van der Waals surface area contributed by atoms with Crippen LogP contribution in [0.1, 0.15) is 30.5 Å². The lowest BCUT2D eigenvalue weighted by Gasteiger charge is -2.28. The zero-order valence-corrected chi connectivity index (χ0v) is 23.8. The van der Waals surface area contributed by atoms with Gasteiger partial charge >= 0.3 is 16.1 Å². The average molecular weight is 613 g/mol. The molecule has 1 N–H and O–H groups in total. The van der Waals surface area contributed by atoms with Gasteiger partial charge in [0, 0.05) is 0 Å². The Labute approximate surface area is 234 Å². The van der Waals surface area contributed by atoms with Crippen LogP contribution in [0.15, 0.2) is 75.6 Å². The highest BCUT2D eigenvalue weighted by Gasteiger charge is 2.37. The Morgan fingerprint density at radius 2 is 1.69 bits per heavy atom. The lowest BCUT2D eigenvalue weighted by Crippen LogP contribution is -2.54. The van der Waals surface area contributed by atoms with Crippen molar-refractivity contribution in [2.75, 3.05) is 11.5 Å². The standard InChI is InChI=1S/C28H25BrN2O7S/c1-4-19-8-6-7-9-23(19)31-27(33)21(26(32)30-28(31)34)14-18-15-22(29)25(24(16-18)37-5-2)38-39(35,36)20-12-10-17(3)11-13-20/h6-16H,4-5H2,1-3H3,(H,30,32,34)/b21-14-. The summed E-state index contributed by atoms with van der Waals surface area (Å²) in [6.07, 6.45) is 1.87. The number of para-hydroxylation sites is 1. The fraction of sp³-hybridized carbons (Fsp3) is 0.179. The quantitative estimate of drug-likeness (QED) is 0.212. The van der Waals surface area contributed by atoms with Gasteiger partial charge in [-0.15, -0.1) is 0 Å². The van der Waals surface area contributed by atoms with Crippen molar-refractivity contribution < 1.29 is 31.7 Å². The van der Waals surface area contributed by atoms with Gasteiger partial charge in [-0.25, -0.2) is 9.69 Å². The summed E-state index contributed by atoms with van der Waals surface area (Å²) >= 11 is 3.33. The number of hydrogen-bond donors (Lipinski definition) is 1. The van der Waals surface area contributed by atoms with Crippen molar-refractivity contribution in [3.8, 4) is 11.5 Å². The van der Waals surface area contributed by atoms with Gasteiger partial charge in [-0.1, -0.05) is 42.8 Å². The molecule has 39 heavy (non-hydrogen) atoms. The Bertz CT molecular complexity index is 1600. The lowest BCUT2D eigenvalue weighted by molar-refractivity contribution is -0.122. The topological polar surface area (TPSA) is 119 Å². The van der Waals surface area contributed by atoms with Crippen LogP contribution in [0.2, 0.25) is 0 Å². The third kappa shape index (κ3) is 5.89. The number of halogens is 1. The third-order valence-electron chi connectivity index (χ3n) is 5.86. The van der Waals surface area contributed by atoms with Gasteiger partial charge in [-0.2, -0.15) is 8.42 Å². The van der Waals surface area contributed by atoms with E-state index in [1.807, 2.05) is 13.8 Å². The number of aryl methyl sites for hydroxylation is 2. The minimum atomic E-state index is -4.19. The second-order valence-electron chi connectivity index (χ2n) is 8.55. The highest BCUT2D eigenvalue weighted by molar-refractivity contribution is 9.10. The van der Waals surface area contributed by atoms with E-state index in [0.717, 1.165) is 16.0 Å².